The second-order valence-corrected chi connectivity index (χ2v) is 4.52. The molecule has 0 aliphatic heterocycles. The lowest BCUT2D eigenvalue weighted by Gasteiger charge is -2.03. The van der Waals surface area contributed by atoms with Crippen molar-refractivity contribution in [2.75, 3.05) is 5.32 Å². The van der Waals surface area contributed by atoms with E-state index >= 15 is 0 Å². The van der Waals surface area contributed by atoms with Gasteiger partial charge in [0.05, 0.1) is 10.7 Å². The van der Waals surface area contributed by atoms with Gasteiger partial charge in [-0.05, 0) is 19.1 Å². The quantitative estimate of drug-likeness (QED) is 0.896. The third kappa shape index (κ3) is 2.72. The van der Waals surface area contributed by atoms with Crippen molar-refractivity contribution in [1.29, 1.82) is 0 Å². The Hall–Kier alpha value is -1.66. The summed E-state index contributed by atoms with van der Waals surface area (Å²) in [5.41, 5.74) is 0.717. The lowest BCUT2D eigenvalue weighted by atomic mass is 10.3. The van der Waals surface area contributed by atoms with Gasteiger partial charge in [0, 0.05) is 5.38 Å². The van der Waals surface area contributed by atoms with Crippen LogP contribution in [0.15, 0.2) is 17.5 Å². The second kappa shape index (κ2) is 4.68. The summed E-state index contributed by atoms with van der Waals surface area (Å²) in [7, 11) is 0. The van der Waals surface area contributed by atoms with E-state index in [1.54, 1.807) is 6.07 Å². The van der Waals surface area contributed by atoms with Crippen molar-refractivity contribution in [1.82, 2.24) is 9.97 Å². The molecule has 17 heavy (non-hydrogen) atoms. The molecular weight excluding hydrogens is 262 g/mol. The average Bonchev–Trinajstić information content (AvgIpc) is 2.66. The average molecular weight is 270 g/mol. The third-order valence-corrected chi connectivity index (χ3v) is 3.08. The van der Waals surface area contributed by atoms with Gasteiger partial charge in [-0.25, -0.2) is 14.8 Å². The maximum Gasteiger partial charge on any atom is 0.356 e. The second-order valence-electron chi connectivity index (χ2n) is 3.25. The summed E-state index contributed by atoms with van der Waals surface area (Å²) in [4.78, 5) is 18.9. The number of pyridine rings is 1. The molecule has 7 heteroatoms. The monoisotopic (exact) mass is 269 g/mol. The fourth-order valence-electron chi connectivity index (χ4n) is 1.18. The minimum atomic E-state index is -1.16. The number of aromatic nitrogens is 2. The van der Waals surface area contributed by atoms with Crippen molar-refractivity contribution in [3.63, 3.8) is 0 Å². The predicted molar refractivity (Wildman–Crippen MR) is 66.3 cm³/mol. The molecule has 0 atom stereocenters. The van der Waals surface area contributed by atoms with Gasteiger partial charge < -0.3 is 10.4 Å². The van der Waals surface area contributed by atoms with Gasteiger partial charge in [0.1, 0.15) is 5.82 Å². The molecular formula is C10H8ClN3O2S. The van der Waals surface area contributed by atoms with Crippen molar-refractivity contribution in [3.05, 3.63) is 33.9 Å². The minimum Gasteiger partial charge on any atom is -0.476 e. The molecule has 0 radical (unpaired) electrons. The van der Waals surface area contributed by atoms with E-state index in [1.165, 1.54) is 17.4 Å². The maximum atomic E-state index is 10.8. The van der Waals surface area contributed by atoms with Crippen LogP contribution in [-0.4, -0.2) is 21.0 Å². The molecule has 0 saturated heterocycles. The fraction of sp³-hybridized carbons (Fsp3) is 0.100. The number of nitrogens with one attached hydrogen (secondary N) is 1. The van der Waals surface area contributed by atoms with Crippen molar-refractivity contribution >= 4 is 39.9 Å². The number of hydrogen-bond donors (Lipinski definition) is 2. The third-order valence-electron chi connectivity index (χ3n) is 1.90. The summed E-state index contributed by atoms with van der Waals surface area (Å²) in [6, 6.07) is 3.09. The highest BCUT2D eigenvalue weighted by atomic mass is 35.5. The summed E-state index contributed by atoms with van der Waals surface area (Å²) in [5.74, 6) is -0.755. The van der Waals surface area contributed by atoms with Crippen LogP contribution >= 0.6 is 22.9 Å². The largest absolute Gasteiger partial charge is 0.476 e. The summed E-state index contributed by atoms with van der Waals surface area (Å²) in [6.07, 6.45) is 0. The van der Waals surface area contributed by atoms with Crippen LogP contribution in [0.2, 0.25) is 5.02 Å². The number of carbonyl (C=O) groups is 1. The molecule has 5 nitrogen and oxygen atoms in total. The molecule has 0 fully saturated rings. The van der Waals surface area contributed by atoms with Crippen LogP contribution in [0.4, 0.5) is 10.9 Å². The van der Waals surface area contributed by atoms with Gasteiger partial charge in [0.2, 0.25) is 0 Å². The zero-order valence-electron chi connectivity index (χ0n) is 8.77. The van der Waals surface area contributed by atoms with Gasteiger partial charge >= 0.3 is 5.97 Å². The first-order valence-electron chi connectivity index (χ1n) is 4.65. The summed E-state index contributed by atoms with van der Waals surface area (Å²) in [6.45, 7) is 1.87. The summed E-state index contributed by atoms with van der Waals surface area (Å²) in [5, 5.41) is 14.4. The number of halogens is 1. The molecule has 2 aromatic rings. The smallest absolute Gasteiger partial charge is 0.356 e. The molecule has 0 aliphatic carbocycles. The van der Waals surface area contributed by atoms with E-state index in [1.807, 2.05) is 12.3 Å². The normalized spacial score (nSPS) is 10.2. The Morgan fingerprint density at radius 2 is 2.24 bits per heavy atom. The van der Waals surface area contributed by atoms with Crippen LogP contribution < -0.4 is 5.32 Å². The Bertz CT molecular complexity index is 570. The van der Waals surface area contributed by atoms with E-state index < -0.39 is 5.97 Å². The number of carboxylic acids is 1. The first kappa shape index (κ1) is 11.8. The van der Waals surface area contributed by atoms with Crippen LogP contribution in [0.25, 0.3) is 0 Å². The number of carboxylic acid groups (broad SMARTS) is 1. The number of nitrogens with zero attached hydrogens (tertiary/aromatic N) is 2. The molecule has 88 valence electrons. The highest BCUT2D eigenvalue weighted by Gasteiger charge is 2.11. The van der Waals surface area contributed by atoms with Crippen molar-refractivity contribution in [2.24, 2.45) is 0 Å². The molecule has 2 heterocycles. The van der Waals surface area contributed by atoms with Gasteiger partial charge in [0.25, 0.3) is 0 Å². The Labute approximate surface area is 106 Å². The number of hydrogen-bond acceptors (Lipinski definition) is 5. The van der Waals surface area contributed by atoms with Crippen LogP contribution in [0.3, 0.4) is 0 Å². The Morgan fingerprint density at radius 1 is 1.47 bits per heavy atom. The lowest BCUT2D eigenvalue weighted by Crippen LogP contribution is -2.03. The van der Waals surface area contributed by atoms with Gasteiger partial charge in [-0.15, -0.1) is 11.3 Å². The van der Waals surface area contributed by atoms with Gasteiger partial charge in [-0.3, -0.25) is 0 Å². The lowest BCUT2D eigenvalue weighted by molar-refractivity contribution is 0.0691. The van der Waals surface area contributed by atoms with E-state index in [-0.39, 0.29) is 10.7 Å². The minimum absolute atomic E-state index is 0.110. The Kier molecular flexibility index (Phi) is 3.26. The molecule has 0 aromatic carbocycles. The van der Waals surface area contributed by atoms with Gasteiger partial charge in [-0.1, -0.05) is 11.6 Å². The Balaban J connectivity index is 2.28. The zero-order chi connectivity index (χ0) is 12.4. The molecule has 2 N–H and O–H groups in total. The summed E-state index contributed by atoms with van der Waals surface area (Å²) >= 11 is 7.13. The fourth-order valence-corrected chi connectivity index (χ4v) is 2.06. The first-order chi connectivity index (χ1) is 8.06. The van der Waals surface area contributed by atoms with Crippen LogP contribution in [0, 0.1) is 6.92 Å². The SMILES string of the molecule is Cc1csc(Nc2ccc(Cl)c(C(=O)O)n2)n1. The van der Waals surface area contributed by atoms with Crippen molar-refractivity contribution < 1.29 is 9.90 Å². The van der Waals surface area contributed by atoms with Gasteiger partial charge in [0.15, 0.2) is 10.8 Å². The van der Waals surface area contributed by atoms with Crippen molar-refractivity contribution in [3.8, 4) is 0 Å². The van der Waals surface area contributed by atoms with Gasteiger partial charge in [-0.2, -0.15) is 0 Å². The van der Waals surface area contributed by atoms with E-state index in [0.717, 1.165) is 5.69 Å². The molecule has 0 saturated carbocycles. The number of aromatic carboxylic acids is 1. The molecule has 0 amide bonds. The zero-order valence-corrected chi connectivity index (χ0v) is 10.3. The van der Waals surface area contributed by atoms with E-state index in [2.05, 4.69) is 15.3 Å². The molecule has 0 aliphatic rings. The number of rotatable bonds is 3. The topological polar surface area (TPSA) is 75.1 Å². The van der Waals surface area contributed by atoms with Crippen LogP contribution in [0.1, 0.15) is 16.2 Å². The maximum absolute atomic E-state index is 10.8. The standard InChI is InChI=1S/C10H8ClN3O2S/c1-5-4-17-10(12-5)14-7-3-2-6(11)8(13-7)9(15)16/h2-4H,1H3,(H,15,16)(H,12,13,14). The molecule has 2 aromatic heterocycles. The van der Waals surface area contributed by atoms with E-state index in [0.29, 0.717) is 10.9 Å². The molecule has 0 unspecified atom stereocenters. The predicted octanol–water partition coefficient (Wildman–Crippen LogP) is 2.94. The number of aryl methyl sites for hydroxylation is 1. The van der Waals surface area contributed by atoms with E-state index in [9.17, 15) is 4.79 Å². The van der Waals surface area contributed by atoms with Crippen LogP contribution in [-0.2, 0) is 0 Å². The number of anilines is 2. The molecule has 0 spiro atoms. The Morgan fingerprint density at radius 3 is 2.82 bits per heavy atom. The molecule has 0 bridgehead atoms. The highest BCUT2D eigenvalue weighted by molar-refractivity contribution is 7.13. The summed E-state index contributed by atoms with van der Waals surface area (Å²) < 4.78 is 0. The van der Waals surface area contributed by atoms with Crippen molar-refractivity contribution in [2.45, 2.75) is 6.92 Å². The highest BCUT2D eigenvalue weighted by Crippen LogP contribution is 2.22. The first-order valence-corrected chi connectivity index (χ1v) is 5.91. The van der Waals surface area contributed by atoms with Crippen LogP contribution in [0.5, 0.6) is 0 Å². The number of thiazole rings is 1. The molecule has 2 rings (SSSR count). The van der Waals surface area contributed by atoms with E-state index in [4.69, 9.17) is 16.7 Å².